The van der Waals surface area contributed by atoms with Gasteiger partial charge in [0, 0.05) is 6.42 Å². The average Bonchev–Trinajstić information content (AvgIpc) is 3.44. The summed E-state index contributed by atoms with van der Waals surface area (Å²) in [4.78, 5) is 0. The fourth-order valence-electron chi connectivity index (χ4n) is 7.04. The molecule has 0 atom stereocenters. The zero-order chi connectivity index (χ0) is 31.9. The molecule has 0 N–H and O–H groups in total. The number of aromatic nitrogens is 2. The molecule has 2 rings (SSSR count). The molecule has 0 unspecified atom stereocenters. The van der Waals surface area contributed by atoms with Gasteiger partial charge < -0.3 is 0 Å². The van der Waals surface area contributed by atoms with Crippen LogP contribution in [0, 0.1) is 0 Å². The standard InChI is InChI=1S/C43H77N2/c1-3-5-7-9-11-13-15-17-18-19-20-22-24-26-28-33-37-43-44(39-40-45(43)41-42-35-31-30-32-36-42)38-34-29-27-25-23-21-16-14-12-10-8-6-4-2/h30-32,35-36,39-40H,3-29,33-34,37-38,41H2,1-2H3/q+1. The smallest absolute Gasteiger partial charge is 0.234 e. The first-order valence-corrected chi connectivity index (χ1v) is 20.5. The molecule has 2 heteroatoms. The Morgan fingerprint density at radius 2 is 0.822 bits per heavy atom. The predicted octanol–water partition coefficient (Wildman–Crippen LogP) is 13.7. The minimum Gasteiger partial charge on any atom is -0.234 e. The van der Waals surface area contributed by atoms with Crippen molar-refractivity contribution >= 4 is 0 Å². The third-order valence-electron chi connectivity index (χ3n) is 10.0. The summed E-state index contributed by atoms with van der Waals surface area (Å²) < 4.78 is 5.12. The van der Waals surface area contributed by atoms with Crippen LogP contribution in [0.2, 0.25) is 0 Å². The van der Waals surface area contributed by atoms with Crippen LogP contribution in [0.25, 0.3) is 0 Å². The molecule has 0 aliphatic heterocycles. The van der Waals surface area contributed by atoms with E-state index in [2.05, 4.69) is 65.7 Å². The molecular formula is C43H77N2+. The molecule has 45 heavy (non-hydrogen) atoms. The van der Waals surface area contributed by atoms with Gasteiger partial charge in [-0.05, 0) is 24.8 Å². The molecule has 0 amide bonds. The van der Waals surface area contributed by atoms with E-state index in [0.29, 0.717) is 0 Å². The van der Waals surface area contributed by atoms with Gasteiger partial charge in [-0.15, -0.1) is 0 Å². The highest BCUT2D eigenvalue weighted by Gasteiger charge is 2.17. The van der Waals surface area contributed by atoms with Gasteiger partial charge in [-0.2, -0.15) is 0 Å². The molecule has 0 aliphatic rings. The van der Waals surface area contributed by atoms with Gasteiger partial charge in [0.2, 0.25) is 0 Å². The first-order valence-electron chi connectivity index (χ1n) is 20.5. The van der Waals surface area contributed by atoms with E-state index in [1.165, 1.54) is 205 Å². The van der Waals surface area contributed by atoms with Gasteiger partial charge in [0.15, 0.2) is 0 Å². The van der Waals surface area contributed by atoms with Crippen molar-refractivity contribution in [2.75, 3.05) is 0 Å². The van der Waals surface area contributed by atoms with Crippen molar-refractivity contribution in [1.29, 1.82) is 0 Å². The Morgan fingerprint density at radius 3 is 1.24 bits per heavy atom. The Kier molecular flexibility index (Phi) is 26.2. The normalized spacial score (nSPS) is 11.5. The third-order valence-corrected chi connectivity index (χ3v) is 10.0. The van der Waals surface area contributed by atoms with Crippen LogP contribution in [0.3, 0.4) is 0 Å². The van der Waals surface area contributed by atoms with Gasteiger partial charge in [-0.25, -0.2) is 9.13 Å². The van der Waals surface area contributed by atoms with E-state index in [4.69, 9.17) is 0 Å². The molecule has 1 aromatic heterocycles. The van der Waals surface area contributed by atoms with Crippen molar-refractivity contribution in [3.63, 3.8) is 0 Å². The molecule has 258 valence electrons. The molecule has 0 saturated heterocycles. The lowest BCUT2D eigenvalue weighted by atomic mass is 10.0. The SMILES string of the molecule is CCCCCCCCCCCCCCCCCCc1n(CCCCCCCCCCCCCCC)cc[n+]1Cc1ccccc1. The highest BCUT2D eigenvalue weighted by molar-refractivity contribution is 5.13. The van der Waals surface area contributed by atoms with E-state index >= 15 is 0 Å². The fourth-order valence-corrected chi connectivity index (χ4v) is 7.04. The molecule has 0 radical (unpaired) electrons. The largest absolute Gasteiger partial charge is 0.256 e. The van der Waals surface area contributed by atoms with E-state index in [0.717, 1.165) is 6.54 Å². The second kappa shape index (κ2) is 29.8. The van der Waals surface area contributed by atoms with Crippen molar-refractivity contribution < 1.29 is 4.57 Å². The summed E-state index contributed by atoms with van der Waals surface area (Å²) in [5, 5.41) is 0. The number of rotatable bonds is 33. The van der Waals surface area contributed by atoms with Gasteiger partial charge in [0.25, 0.3) is 5.82 Å². The van der Waals surface area contributed by atoms with E-state index < -0.39 is 0 Å². The second-order valence-electron chi connectivity index (χ2n) is 14.3. The maximum Gasteiger partial charge on any atom is 0.256 e. The highest BCUT2D eigenvalue weighted by atomic mass is 15.1. The van der Waals surface area contributed by atoms with Crippen LogP contribution in [-0.4, -0.2) is 4.57 Å². The van der Waals surface area contributed by atoms with E-state index in [1.54, 1.807) is 5.82 Å². The maximum absolute atomic E-state index is 2.59. The van der Waals surface area contributed by atoms with Crippen molar-refractivity contribution in [3.05, 3.63) is 54.1 Å². The quantitative estimate of drug-likeness (QED) is 0.0554. The van der Waals surface area contributed by atoms with Crippen LogP contribution in [0.5, 0.6) is 0 Å². The number of unbranched alkanes of at least 4 members (excludes halogenated alkanes) is 27. The minimum atomic E-state index is 1.00. The number of benzene rings is 1. The Bertz CT molecular complexity index is 869. The fraction of sp³-hybridized carbons (Fsp3) is 0.791. The topological polar surface area (TPSA) is 8.81 Å². The summed E-state index contributed by atoms with van der Waals surface area (Å²) in [6, 6.07) is 11.0. The Hall–Kier alpha value is -1.57. The number of aryl methyl sites for hydroxylation is 1. The third kappa shape index (κ3) is 21.8. The molecule has 0 spiro atoms. The minimum absolute atomic E-state index is 1.00. The van der Waals surface area contributed by atoms with Crippen molar-refractivity contribution in [1.82, 2.24) is 4.57 Å². The number of hydrogen-bond acceptors (Lipinski definition) is 0. The highest BCUT2D eigenvalue weighted by Crippen LogP contribution is 2.16. The lowest BCUT2D eigenvalue weighted by Crippen LogP contribution is -2.37. The Balaban J connectivity index is 1.56. The first kappa shape index (κ1) is 39.6. The van der Waals surface area contributed by atoms with Crippen LogP contribution >= 0.6 is 0 Å². The number of imidazole rings is 1. The maximum atomic E-state index is 2.59. The zero-order valence-corrected chi connectivity index (χ0v) is 30.6. The second-order valence-corrected chi connectivity index (χ2v) is 14.3. The van der Waals surface area contributed by atoms with Gasteiger partial charge in [0.1, 0.15) is 18.9 Å². The van der Waals surface area contributed by atoms with Gasteiger partial charge in [-0.3, -0.25) is 0 Å². The van der Waals surface area contributed by atoms with Crippen LogP contribution in [0.1, 0.15) is 211 Å². The molecule has 0 bridgehead atoms. The molecule has 0 saturated carbocycles. The predicted molar refractivity (Wildman–Crippen MR) is 199 cm³/mol. The van der Waals surface area contributed by atoms with Crippen LogP contribution in [0.4, 0.5) is 0 Å². The van der Waals surface area contributed by atoms with E-state index in [9.17, 15) is 0 Å². The monoisotopic (exact) mass is 622 g/mol. The lowest BCUT2D eigenvalue weighted by molar-refractivity contribution is -0.695. The van der Waals surface area contributed by atoms with Crippen LogP contribution in [-0.2, 0) is 19.5 Å². The van der Waals surface area contributed by atoms with Gasteiger partial charge >= 0.3 is 0 Å². The average molecular weight is 622 g/mol. The molecule has 1 aromatic carbocycles. The van der Waals surface area contributed by atoms with Crippen LogP contribution in [0.15, 0.2) is 42.7 Å². The Labute approximate surface area is 282 Å². The summed E-state index contributed by atoms with van der Waals surface area (Å²) in [5.74, 6) is 1.54. The molecule has 0 fully saturated rings. The molecule has 1 heterocycles. The van der Waals surface area contributed by atoms with Crippen molar-refractivity contribution in [2.45, 2.75) is 220 Å². The molecule has 2 nitrogen and oxygen atoms in total. The van der Waals surface area contributed by atoms with Crippen molar-refractivity contribution in [3.8, 4) is 0 Å². The molecule has 2 aromatic rings. The van der Waals surface area contributed by atoms with Crippen LogP contribution < -0.4 is 4.57 Å². The van der Waals surface area contributed by atoms with E-state index in [-0.39, 0.29) is 0 Å². The summed E-state index contributed by atoms with van der Waals surface area (Å²) in [7, 11) is 0. The summed E-state index contributed by atoms with van der Waals surface area (Å²) in [5.41, 5.74) is 1.41. The van der Waals surface area contributed by atoms with Gasteiger partial charge in [0.05, 0.1) is 6.54 Å². The summed E-state index contributed by atoms with van der Waals surface area (Å²) in [6.45, 7) is 6.80. The zero-order valence-electron chi connectivity index (χ0n) is 30.6. The molecule has 0 aliphatic carbocycles. The summed E-state index contributed by atoms with van der Waals surface area (Å²) in [6.07, 6.45) is 47.4. The van der Waals surface area contributed by atoms with Gasteiger partial charge in [-0.1, -0.05) is 211 Å². The number of hydrogen-bond donors (Lipinski definition) is 0. The Morgan fingerprint density at radius 1 is 0.444 bits per heavy atom. The van der Waals surface area contributed by atoms with Crippen molar-refractivity contribution in [2.24, 2.45) is 0 Å². The van der Waals surface area contributed by atoms with E-state index in [1.807, 2.05) is 0 Å². The lowest BCUT2D eigenvalue weighted by Gasteiger charge is -2.07. The molecular weight excluding hydrogens is 544 g/mol. The first-order chi connectivity index (χ1) is 22.3. The number of nitrogens with zero attached hydrogens (tertiary/aromatic N) is 2. The summed E-state index contributed by atoms with van der Waals surface area (Å²) >= 11 is 0.